The number of nitrogens with zero attached hydrogens (tertiary/aromatic N) is 1. The summed E-state index contributed by atoms with van der Waals surface area (Å²) in [5.74, 6) is -1.36. The van der Waals surface area contributed by atoms with Gasteiger partial charge in [-0.15, -0.1) is 0 Å². The standard InChI is InChI=1S/C20H17F6NO4S/c1-11(19(21,22)23)31-17-6-5-15(32(2,29)30)8-16(17)18(28)27-9-12-3-4-14(20(24,25)26)7-13(12)10-27/h3-8,11H,9-10H2,1-2H3/t11-/m0/s1. The molecule has 0 aliphatic carbocycles. The molecule has 1 heterocycles. The summed E-state index contributed by atoms with van der Waals surface area (Å²) in [5, 5.41) is 0. The minimum Gasteiger partial charge on any atom is -0.480 e. The Morgan fingerprint density at radius 3 is 2.19 bits per heavy atom. The van der Waals surface area contributed by atoms with Gasteiger partial charge >= 0.3 is 12.4 Å². The highest BCUT2D eigenvalue weighted by Crippen LogP contribution is 2.35. The van der Waals surface area contributed by atoms with Crippen LogP contribution in [0.1, 0.15) is 34.0 Å². The molecule has 3 rings (SSSR count). The Balaban J connectivity index is 1.97. The SMILES string of the molecule is C[C@H](Oc1ccc(S(C)(=O)=O)cc1C(=O)N1Cc2ccc(C(F)(F)F)cc2C1)C(F)(F)F. The summed E-state index contributed by atoms with van der Waals surface area (Å²) >= 11 is 0. The van der Waals surface area contributed by atoms with Gasteiger partial charge in [-0.2, -0.15) is 26.3 Å². The topological polar surface area (TPSA) is 63.7 Å². The molecule has 0 unspecified atom stereocenters. The molecule has 0 bridgehead atoms. The molecule has 0 N–H and O–H groups in total. The number of fused-ring (bicyclic) bond motifs is 1. The number of alkyl halides is 6. The van der Waals surface area contributed by atoms with Gasteiger partial charge in [-0.3, -0.25) is 4.79 Å². The van der Waals surface area contributed by atoms with Crippen LogP contribution >= 0.6 is 0 Å². The van der Waals surface area contributed by atoms with Crippen molar-refractivity contribution in [1.29, 1.82) is 0 Å². The van der Waals surface area contributed by atoms with Crippen LogP contribution in [0.15, 0.2) is 41.3 Å². The van der Waals surface area contributed by atoms with Crippen molar-refractivity contribution in [1.82, 2.24) is 4.90 Å². The van der Waals surface area contributed by atoms with Crippen LogP contribution in [0.5, 0.6) is 5.75 Å². The maximum Gasteiger partial charge on any atom is 0.425 e. The summed E-state index contributed by atoms with van der Waals surface area (Å²) in [7, 11) is -3.81. The van der Waals surface area contributed by atoms with E-state index in [0.717, 1.165) is 48.4 Å². The Morgan fingerprint density at radius 2 is 1.62 bits per heavy atom. The zero-order valence-corrected chi connectivity index (χ0v) is 17.5. The number of ether oxygens (including phenoxy) is 1. The minimum atomic E-state index is -4.74. The summed E-state index contributed by atoms with van der Waals surface area (Å²) < 4.78 is 106. The first-order chi connectivity index (χ1) is 14.6. The summed E-state index contributed by atoms with van der Waals surface area (Å²) in [5.41, 5.74) is -0.657. The van der Waals surface area contributed by atoms with E-state index in [1.807, 2.05) is 0 Å². The number of carbonyl (C=O) groups excluding carboxylic acids is 1. The van der Waals surface area contributed by atoms with Crippen molar-refractivity contribution in [3.05, 3.63) is 58.7 Å². The molecule has 12 heteroatoms. The van der Waals surface area contributed by atoms with E-state index in [1.165, 1.54) is 6.07 Å². The Morgan fingerprint density at radius 1 is 1.00 bits per heavy atom. The molecule has 0 fully saturated rings. The second-order valence-electron chi connectivity index (χ2n) is 7.37. The first-order valence-electron chi connectivity index (χ1n) is 9.13. The monoisotopic (exact) mass is 481 g/mol. The summed E-state index contributed by atoms with van der Waals surface area (Å²) in [4.78, 5) is 13.9. The molecule has 0 saturated carbocycles. The fraction of sp³-hybridized carbons (Fsp3) is 0.350. The molecular weight excluding hydrogens is 464 g/mol. The second-order valence-corrected chi connectivity index (χ2v) is 9.39. The van der Waals surface area contributed by atoms with E-state index in [0.29, 0.717) is 5.56 Å². The predicted molar refractivity (Wildman–Crippen MR) is 101 cm³/mol. The van der Waals surface area contributed by atoms with Gasteiger partial charge in [-0.1, -0.05) is 6.07 Å². The Kier molecular flexibility index (Phi) is 5.96. The van der Waals surface area contributed by atoms with Crippen molar-refractivity contribution in [2.24, 2.45) is 0 Å². The van der Waals surface area contributed by atoms with Crippen LogP contribution in [-0.4, -0.2) is 37.8 Å². The average molecular weight is 481 g/mol. The van der Waals surface area contributed by atoms with Crippen LogP contribution in [0.3, 0.4) is 0 Å². The fourth-order valence-electron chi connectivity index (χ4n) is 3.15. The van der Waals surface area contributed by atoms with Gasteiger partial charge in [0.05, 0.1) is 16.0 Å². The predicted octanol–water partition coefficient (Wildman–Crippen LogP) is 4.59. The van der Waals surface area contributed by atoms with Crippen LogP contribution < -0.4 is 4.74 Å². The Bertz CT molecular complexity index is 1160. The molecule has 174 valence electrons. The first-order valence-corrected chi connectivity index (χ1v) is 11.0. The van der Waals surface area contributed by atoms with Crippen molar-refractivity contribution in [3.63, 3.8) is 0 Å². The molecule has 1 atom stereocenters. The van der Waals surface area contributed by atoms with E-state index >= 15 is 0 Å². The number of rotatable bonds is 4. The largest absolute Gasteiger partial charge is 0.480 e. The highest BCUT2D eigenvalue weighted by Gasteiger charge is 2.39. The molecule has 0 radical (unpaired) electrons. The third-order valence-electron chi connectivity index (χ3n) is 4.92. The number of carbonyl (C=O) groups is 1. The van der Waals surface area contributed by atoms with Crippen LogP contribution in [0.4, 0.5) is 26.3 Å². The van der Waals surface area contributed by atoms with E-state index in [1.54, 1.807) is 0 Å². The molecule has 5 nitrogen and oxygen atoms in total. The molecule has 0 saturated heterocycles. The van der Waals surface area contributed by atoms with Crippen molar-refractivity contribution in [3.8, 4) is 5.75 Å². The average Bonchev–Trinajstić information content (AvgIpc) is 3.08. The number of hydrogen-bond acceptors (Lipinski definition) is 4. The zero-order chi connectivity index (χ0) is 24.1. The Labute approximate surface area is 179 Å². The van der Waals surface area contributed by atoms with E-state index in [9.17, 15) is 39.6 Å². The first kappa shape index (κ1) is 23.9. The molecule has 2 aromatic rings. The molecule has 0 spiro atoms. The highest BCUT2D eigenvalue weighted by atomic mass is 32.2. The van der Waals surface area contributed by atoms with E-state index in [4.69, 9.17) is 4.74 Å². The molecule has 0 aromatic heterocycles. The van der Waals surface area contributed by atoms with E-state index in [-0.39, 0.29) is 23.5 Å². The summed E-state index contributed by atoms with van der Waals surface area (Å²) in [6, 6.07) is 5.87. The normalized spacial score (nSPS) is 15.4. The molecule has 2 aromatic carbocycles. The zero-order valence-electron chi connectivity index (χ0n) is 16.7. The number of halogens is 6. The van der Waals surface area contributed by atoms with Crippen LogP contribution in [0, 0.1) is 0 Å². The van der Waals surface area contributed by atoms with Gasteiger partial charge in [-0.05, 0) is 48.4 Å². The minimum absolute atomic E-state index is 0.0936. The quantitative estimate of drug-likeness (QED) is 0.600. The van der Waals surface area contributed by atoms with Crippen LogP contribution in [0.25, 0.3) is 0 Å². The van der Waals surface area contributed by atoms with E-state index in [2.05, 4.69) is 0 Å². The van der Waals surface area contributed by atoms with E-state index < -0.39 is 51.1 Å². The van der Waals surface area contributed by atoms with Crippen molar-refractivity contribution in [2.75, 3.05) is 6.26 Å². The summed E-state index contributed by atoms with van der Waals surface area (Å²) in [6.07, 6.45) is -10.7. The lowest BCUT2D eigenvalue weighted by atomic mass is 10.1. The van der Waals surface area contributed by atoms with Crippen molar-refractivity contribution >= 4 is 15.7 Å². The number of sulfone groups is 1. The third-order valence-corrected chi connectivity index (χ3v) is 6.03. The fourth-order valence-corrected chi connectivity index (χ4v) is 3.80. The van der Waals surface area contributed by atoms with Crippen LogP contribution in [0.2, 0.25) is 0 Å². The van der Waals surface area contributed by atoms with Gasteiger partial charge in [0.1, 0.15) is 5.75 Å². The van der Waals surface area contributed by atoms with Crippen LogP contribution in [-0.2, 0) is 29.1 Å². The lowest BCUT2D eigenvalue weighted by Crippen LogP contribution is -2.32. The Hall–Kier alpha value is -2.76. The third kappa shape index (κ3) is 5.00. The lowest BCUT2D eigenvalue weighted by Gasteiger charge is -2.22. The number of amides is 1. The molecule has 1 aliphatic rings. The van der Waals surface area contributed by atoms with Gasteiger partial charge in [0, 0.05) is 19.3 Å². The molecule has 1 amide bonds. The van der Waals surface area contributed by atoms with Gasteiger partial charge in [0.2, 0.25) is 0 Å². The summed E-state index contributed by atoms with van der Waals surface area (Å²) in [6.45, 7) is 0.405. The number of hydrogen-bond donors (Lipinski definition) is 0. The maximum atomic E-state index is 13.1. The van der Waals surface area contributed by atoms with Crippen molar-refractivity contribution in [2.45, 2.75) is 43.4 Å². The second kappa shape index (κ2) is 7.98. The smallest absolute Gasteiger partial charge is 0.425 e. The van der Waals surface area contributed by atoms with Crippen molar-refractivity contribution < 1.29 is 44.3 Å². The highest BCUT2D eigenvalue weighted by molar-refractivity contribution is 7.90. The molecule has 1 aliphatic heterocycles. The van der Waals surface area contributed by atoms with Gasteiger partial charge in [0.15, 0.2) is 15.9 Å². The van der Waals surface area contributed by atoms with Gasteiger partial charge in [-0.25, -0.2) is 8.42 Å². The lowest BCUT2D eigenvalue weighted by molar-refractivity contribution is -0.189. The molecule has 32 heavy (non-hydrogen) atoms. The maximum absolute atomic E-state index is 13.1. The van der Waals surface area contributed by atoms with Gasteiger partial charge in [0.25, 0.3) is 5.91 Å². The molecular formula is C20H17F6NO4S. The number of benzene rings is 2. The van der Waals surface area contributed by atoms with Gasteiger partial charge < -0.3 is 9.64 Å².